The number of nitrogens with one attached hydrogen (secondary N) is 1. The molecule has 4 nitrogen and oxygen atoms in total. The number of nitrogens with zero attached hydrogens (tertiary/aromatic N) is 2. The summed E-state index contributed by atoms with van der Waals surface area (Å²) in [7, 11) is 1.69. The van der Waals surface area contributed by atoms with E-state index in [1.165, 1.54) is 18.4 Å². The highest BCUT2D eigenvalue weighted by molar-refractivity contribution is 5.80. The maximum Gasteiger partial charge on any atom is 0.141 e. The Balaban J connectivity index is 1.76. The molecule has 124 valence electrons. The zero-order chi connectivity index (χ0) is 16.4. The Morgan fingerprint density at radius 1 is 1.17 bits per heavy atom. The summed E-state index contributed by atoms with van der Waals surface area (Å²) in [5, 5.41) is 3.52. The molecule has 0 aliphatic carbocycles. The van der Waals surface area contributed by atoms with E-state index in [-0.39, 0.29) is 0 Å². The van der Waals surface area contributed by atoms with Crippen LogP contribution in [0, 0.1) is 5.92 Å². The fraction of sp³-hybridized carbons (Fsp3) is 0.350. The molecule has 24 heavy (non-hydrogen) atoms. The van der Waals surface area contributed by atoms with Gasteiger partial charge in [-0.2, -0.15) is 0 Å². The topological polar surface area (TPSA) is 39.1 Å². The molecule has 1 aliphatic heterocycles. The van der Waals surface area contributed by atoms with Crippen molar-refractivity contribution in [3.05, 3.63) is 48.5 Å². The third-order valence-electron chi connectivity index (χ3n) is 4.84. The van der Waals surface area contributed by atoms with Crippen LogP contribution >= 0.6 is 0 Å². The summed E-state index contributed by atoms with van der Waals surface area (Å²) in [5.74, 6) is 2.58. The summed E-state index contributed by atoms with van der Waals surface area (Å²) in [5.41, 5.74) is 3.41. The molecule has 0 amide bonds. The summed E-state index contributed by atoms with van der Waals surface area (Å²) in [6.45, 7) is 3.25. The molecule has 4 heteroatoms. The summed E-state index contributed by atoms with van der Waals surface area (Å²) in [6, 6.07) is 16.6. The number of methoxy groups -OCH3 is 1. The van der Waals surface area contributed by atoms with E-state index in [0.717, 1.165) is 42.3 Å². The Hall–Kier alpha value is -2.33. The number of rotatable bonds is 4. The molecule has 1 unspecified atom stereocenters. The Morgan fingerprint density at radius 3 is 2.75 bits per heavy atom. The molecule has 2 aromatic carbocycles. The van der Waals surface area contributed by atoms with E-state index in [1.54, 1.807) is 7.11 Å². The first kappa shape index (κ1) is 15.2. The SMILES string of the molecule is COc1ccc(-c2nc3ccccc3n2CC2CCCNC2)cc1. The highest BCUT2D eigenvalue weighted by Gasteiger charge is 2.18. The maximum absolute atomic E-state index is 5.28. The predicted molar refractivity (Wildman–Crippen MR) is 97.3 cm³/mol. The third kappa shape index (κ3) is 2.89. The van der Waals surface area contributed by atoms with Gasteiger partial charge in [-0.15, -0.1) is 0 Å². The third-order valence-corrected chi connectivity index (χ3v) is 4.84. The van der Waals surface area contributed by atoms with Crippen molar-refractivity contribution in [1.29, 1.82) is 0 Å². The van der Waals surface area contributed by atoms with Gasteiger partial charge < -0.3 is 14.6 Å². The molecule has 1 aromatic heterocycles. The quantitative estimate of drug-likeness (QED) is 0.796. The minimum absolute atomic E-state index is 0.661. The van der Waals surface area contributed by atoms with Gasteiger partial charge in [0.15, 0.2) is 0 Å². The largest absolute Gasteiger partial charge is 0.497 e. The van der Waals surface area contributed by atoms with Crippen LogP contribution in [0.3, 0.4) is 0 Å². The van der Waals surface area contributed by atoms with Gasteiger partial charge in [-0.25, -0.2) is 4.98 Å². The van der Waals surface area contributed by atoms with Crippen molar-refractivity contribution in [3.63, 3.8) is 0 Å². The van der Waals surface area contributed by atoms with Crippen LogP contribution in [0.1, 0.15) is 12.8 Å². The smallest absolute Gasteiger partial charge is 0.141 e. The van der Waals surface area contributed by atoms with Gasteiger partial charge in [0, 0.05) is 12.1 Å². The van der Waals surface area contributed by atoms with Crippen molar-refractivity contribution < 1.29 is 4.74 Å². The first-order chi connectivity index (χ1) is 11.8. The Labute approximate surface area is 142 Å². The molecular formula is C20H23N3O. The number of imidazole rings is 1. The summed E-state index contributed by atoms with van der Waals surface area (Å²) < 4.78 is 7.66. The molecule has 3 aromatic rings. The van der Waals surface area contributed by atoms with E-state index < -0.39 is 0 Å². The first-order valence-corrected chi connectivity index (χ1v) is 8.65. The van der Waals surface area contributed by atoms with Gasteiger partial charge in [-0.1, -0.05) is 12.1 Å². The maximum atomic E-state index is 5.28. The van der Waals surface area contributed by atoms with Crippen LogP contribution in [0.25, 0.3) is 22.4 Å². The van der Waals surface area contributed by atoms with Crippen LogP contribution in [0.4, 0.5) is 0 Å². The van der Waals surface area contributed by atoms with Gasteiger partial charge in [-0.05, 0) is 68.2 Å². The van der Waals surface area contributed by atoms with Crippen LogP contribution in [0.5, 0.6) is 5.75 Å². The molecule has 1 aliphatic rings. The van der Waals surface area contributed by atoms with Gasteiger partial charge in [0.2, 0.25) is 0 Å². The second kappa shape index (κ2) is 6.65. The molecule has 0 spiro atoms. The average Bonchev–Trinajstić information content (AvgIpc) is 3.01. The van der Waals surface area contributed by atoms with E-state index in [1.807, 2.05) is 12.1 Å². The normalized spacial score (nSPS) is 18.0. The number of fused-ring (bicyclic) bond motifs is 1. The highest BCUT2D eigenvalue weighted by atomic mass is 16.5. The monoisotopic (exact) mass is 321 g/mol. The van der Waals surface area contributed by atoms with Gasteiger partial charge >= 0.3 is 0 Å². The number of hydrogen-bond donors (Lipinski definition) is 1. The van der Waals surface area contributed by atoms with Crippen LogP contribution in [0.2, 0.25) is 0 Å². The van der Waals surface area contributed by atoms with Gasteiger partial charge in [-0.3, -0.25) is 0 Å². The van der Waals surface area contributed by atoms with Crippen LogP contribution in [-0.2, 0) is 6.54 Å². The zero-order valence-corrected chi connectivity index (χ0v) is 14.0. The number of benzene rings is 2. The molecule has 1 fully saturated rings. The molecule has 4 rings (SSSR count). The minimum Gasteiger partial charge on any atom is -0.497 e. The van der Waals surface area contributed by atoms with Crippen molar-refractivity contribution in [1.82, 2.24) is 14.9 Å². The second-order valence-corrected chi connectivity index (χ2v) is 6.48. The number of aromatic nitrogens is 2. The molecule has 1 saturated heterocycles. The average molecular weight is 321 g/mol. The van der Waals surface area contributed by atoms with E-state index in [9.17, 15) is 0 Å². The van der Waals surface area contributed by atoms with Crippen molar-refractivity contribution in [2.75, 3.05) is 20.2 Å². The summed E-state index contributed by atoms with van der Waals surface area (Å²) in [4.78, 5) is 4.91. The number of hydrogen-bond acceptors (Lipinski definition) is 3. The predicted octanol–water partition coefficient (Wildman–Crippen LogP) is 3.71. The lowest BCUT2D eigenvalue weighted by Gasteiger charge is -2.24. The second-order valence-electron chi connectivity index (χ2n) is 6.48. The lowest BCUT2D eigenvalue weighted by Crippen LogP contribution is -2.32. The summed E-state index contributed by atoms with van der Waals surface area (Å²) >= 11 is 0. The Kier molecular flexibility index (Phi) is 4.22. The lowest BCUT2D eigenvalue weighted by molar-refractivity contribution is 0.341. The molecular weight excluding hydrogens is 298 g/mol. The van der Waals surface area contributed by atoms with Crippen molar-refractivity contribution in [2.45, 2.75) is 19.4 Å². The summed E-state index contributed by atoms with van der Waals surface area (Å²) in [6.07, 6.45) is 2.54. The highest BCUT2D eigenvalue weighted by Crippen LogP contribution is 2.28. The number of ether oxygens (including phenoxy) is 1. The molecule has 1 atom stereocenters. The van der Waals surface area contributed by atoms with E-state index in [0.29, 0.717) is 5.92 Å². The van der Waals surface area contributed by atoms with Crippen molar-refractivity contribution >= 4 is 11.0 Å². The van der Waals surface area contributed by atoms with Gasteiger partial charge in [0.25, 0.3) is 0 Å². The van der Waals surface area contributed by atoms with Crippen LogP contribution < -0.4 is 10.1 Å². The Morgan fingerprint density at radius 2 is 2.00 bits per heavy atom. The molecule has 0 radical (unpaired) electrons. The van der Waals surface area contributed by atoms with E-state index in [4.69, 9.17) is 9.72 Å². The van der Waals surface area contributed by atoms with Crippen molar-refractivity contribution in [2.24, 2.45) is 5.92 Å². The van der Waals surface area contributed by atoms with E-state index >= 15 is 0 Å². The molecule has 0 bridgehead atoms. The zero-order valence-electron chi connectivity index (χ0n) is 14.0. The number of para-hydroxylation sites is 2. The lowest BCUT2D eigenvalue weighted by atomic mass is 9.99. The van der Waals surface area contributed by atoms with Crippen molar-refractivity contribution in [3.8, 4) is 17.1 Å². The van der Waals surface area contributed by atoms with Gasteiger partial charge in [0.1, 0.15) is 11.6 Å². The fourth-order valence-corrected chi connectivity index (χ4v) is 3.56. The molecule has 1 N–H and O–H groups in total. The Bertz CT molecular complexity index is 817. The molecule has 2 heterocycles. The van der Waals surface area contributed by atoms with Crippen LogP contribution in [0.15, 0.2) is 48.5 Å². The standard InChI is InChI=1S/C20H23N3O/c1-24-17-10-8-16(9-11-17)20-22-18-6-2-3-7-19(18)23(20)14-15-5-4-12-21-13-15/h2-3,6-11,15,21H,4-5,12-14H2,1H3. The molecule has 0 saturated carbocycles. The first-order valence-electron chi connectivity index (χ1n) is 8.65. The van der Waals surface area contributed by atoms with E-state index in [2.05, 4.69) is 46.3 Å². The van der Waals surface area contributed by atoms with Gasteiger partial charge in [0.05, 0.1) is 18.1 Å². The van der Waals surface area contributed by atoms with Crippen LogP contribution in [-0.4, -0.2) is 29.8 Å². The minimum atomic E-state index is 0.661. The number of piperidine rings is 1. The fourth-order valence-electron chi connectivity index (χ4n) is 3.56.